The van der Waals surface area contributed by atoms with Crippen molar-refractivity contribution in [3.05, 3.63) is 48.8 Å². The molecule has 0 saturated carbocycles. The first-order valence-electron chi connectivity index (χ1n) is 9.98. The summed E-state index contributed by atoms with van der Waals surface area (Å²) >= 11 is 0. The Hall–Kier alpha value is -2.74. The number of β-amino-alcohol motifs (C(OH)–C–C–N with tert-alkyl or cyclic N) is 1. The number of nitrogens with zero attached hydrogens (tertiary/aromatic N) is 3. The quantitative estimate of drug-likeness (QED) is 0.613. The first-order valence-corrected chi connectivity index (χ1v) is 9.98. The first kappa shape index (κ1) is 20.5. The van der Waals surface area contributed by atoms with Crippen LogP contribution in [0.4, 0.5) is 0 Å². The molecule has 7 nitrogen and oxygen atoms in total. The lowest BCUT2D eigenvalue weighted by molar-refractivity contribution is -0.121. The molecule has 30 heavy (non-hydrogen) atoms. The summed E-state index contributed by atoms with van der Waals surface area (Å²) in [6.07, 6.45) is 2.85. The summed E-state index contributed by atoms with van der Waals surface area (Å²) in [6, 6.07) is 12.4. The molecule has 2 heterocycles. The fourth-order valence-electron chi connectivity index (χ4n) is 3.91. The first-order chi connectivity index (χ1) is 14.5. The molecule has 1 aromatic heterocycles. The zero-order valence-electron chi connectivity index (χ0n) is 17.5. The van der Waals surface area contributed by atoms with E-state index in [1.165, 1.54) is 7.11 Å². The molecule has 0 aliphatic carbocycles. The van der Waals surface area contributed by atoms with Gasteiger partial charge in [-0.05, 0) is 23.8 Å². The summed E-state index contributed by atoms with van der Waals surface area (Å²) in [7, 11) is 3.26. The van der Waals surface area contributed by atoms with Crippen LogP contribution < -0.4 is 9.47 Å². The van der Waals surface area contributed by atoms with Crippen molar-refractivity contribution in [3.63, 3.8) is 0 Å². The Balaban J connectivity index is 1.53. The highest BCUT2D eigenvalue weighted by Gasteiger charge is 2.39. The lowest BCUT2D eigenvalue weighted by atomic mass is 9.96. The van der Waals surface area contributed by atoms with Gasteiger partial charge < -0.3 is 19.3 Å². The van der Waals surface area contributed by atoms with Crippen LogP contribution in [0.2, 0.25) is 0 Å². The molecule has 1 aliphatic rings. The van der Waals surface area contributed by atoms with Crippen LogP contribution in [0.15, 0.2) is 48.8 Å². The average Bonchev–Trinajstić information content (AvgIpc) is 2.76. The minimum absolute atomic E-state index is 0.111. The summed E-state index contributed by atoms with van der Waals surface area (Å²) in [5.74, 6) is 0.687. The molecule has 2 aromatic carbocycles. The summed E-state index contributed by atoms with van der Waals surface area (Å²) in [4.78, 5) is 10.6. The highest BCUT2D eigenvalue weighted by molar-refractivity contribution is 5.99. The molecular weight excluding hydrogens is 382 g/mol. The fourth-order valence-corrected chi connectivity index (χ4v) is 3.91. The van der Waals surface area contributed by atoms with Crippen molar-refractivity contribution in [3.8, 4) is 22.9 Å². The molecular formula is C23H27N3O4. The highest BCUT2D eigenvalue weighted by atomic mass is 16.5. The zero-order valence-corrected chi connectivity index (χ0v) is 17.5. The average molecular weight is 409 g/mol. The number of ether oxygens (including phenoxy) is 3. The van der Waals surface area contributed by atoms with Gasteiger partial charge in [0.25, 0.3) is 0 Å². The van der Waals surface area contributed by atoms with Crippen LogP contribution in [0.1, 0.15) is 6.92 Å². The van der Waals surface area contributed by atoms with Crippen molar-refractivity contribution >= 4 is 10.8 Å². The van der Waals surface area contributed by atoms with Gasteiger partial charge >= 0.3 is 6.01 Å². The number of aliphatic hydroxyl groups excluding tert-OH is 1. The van der Waals surface area contributed by atoms with E-state index in [-0.39, 0.29) is 12.2 Å². The number of hydrogen-bond donors (Lipinski definition) is 1. The molecule has 1 unspecified atom stereocenters. The minimum atomic E-state index is -0.599. The highest BCUT2D eigenvalue weighted by Crippen LogP contribution is 2.37. The molecule has 0 radical (unpaired) electrons. The summed E-state index contributed by atoms with van der Waals surface area (Å²) < 4.78 is 16.6. The Morgan fingerprint density at radius 3 is 2.53 bits per heavy atom. The molecule has 1 aliphatic heterocycles. The van der Waals surface area contributed by atoms with Gasteiger partial charge in [-0.1, -0.05) is 30.3 Å². The Labute approximate surface area is 176 Å². The topological polar surface area (TPSA) is 76.9 Å². The number of hydrogen-bond acceptors (Lipinski definition) is 7. The van der Waals surface area contributed by atoms with Gasteiger partial charge in [0, 0.05) is 50.3 Å². The largest absolute Gasteiger partial charge is 0.490 e. The molecule has 1 N–H and O–H groups in total. The third-order valence-electron chi connectivity index (χ3n) is 5.50. The fraction of sp³-hybridized carbons (Fsp3) is 0.391. The normalized spacial score (nSPS) is 16.8. The van der Waals surface area contributed by atoms with Crippen LogP contribution in [0, 0.1) is 0 Å². The van der Waals surface area contributed by atoms with Gasteiger partial charge in [0.05, 0.1) is 12.7 Å². The van der Waals surface area contributed by atoms with Crippen LogP contribution in [0.3, 0.4) is 0 Å². The maximum absolute atomic E-state index is 10.5. The summed E-state index contributed by atoms with van der Waals surface area (Å²) in [5, 5.41) is 12.6. The van der Waals surface area contributed by atoms with Crippen LogP contribution in [0.5, 0.6) is 11.8 Å². The van der Waals surface area contributed by atoms with Gasteiger partial charge in [-0.2, -0.15) is 0 Å². The second-order valence-electron chi connectivity index (χ2n) is 7.91. The van der Waals surface area contributed by atoms with Crippen molar-refractivity contribution in [2.24, 2.45) is 0 Å². The second kappa shape index (κ2) is 8.55. The van der Waals surface area contributed by atoms with E-state index >= 15 is 0 Å². The predicted octanol–water partition coefficient (Wildman–Crippen LogP) is 2.77. The third kappa shape index (κ3) is 4.23. The number of aliphatic hydroxyl groups is 1. The van der Waals surface area contributed by atoms with Crippen molar-refractivity contribution < 1.29 is 19.3 Å². The Bertz CT molecular complexity index is 1000. The molecule has 4 rings (SSSR count). The van der Waals surface area contributed by atoms with Crippen molar-refractivity contribution in [1.29, 1.82) is 0 Å². The van der Waals surface area contributed by atoms with Gasteiger partial charge in [0.1, 0.15) is 18.5 Å². The molecule has 1 fully saturated rings. The molecule has 3 aromatic rings. The van der Waals surface area contributed by atoms with Crippen LogP contribution in [0.25, 0.3) is 21.9 Å². The standard InChI is InChI=1S/C23H27N3O4/c1-23(29-3)14-26(15-23)12-18(27)13-30-20-9-8-16-6-4-5-7-19(16)21(20)17-10-24-22(28-2)25-11-17/h4-11,18,27H,12-15H2,1-3H3. The molecule has 158 valence electrons. The summed E-state index contributed by atoms with van der Waals surface area (Å²) in [6.45, 7) is 4.44. The van der Waals surface area contributed by atoms with Crippen molar-refractivity contribution in [2.45, 2.75) is 18.6 Å². The van der Waals surface area contributed by atoms with E-state index in [0.29, 0.717) is 18.3 Å². The Morgan fingerprint density at radius 1 is 1.10 bits per heavy atom. The van der Waals surface area contributed by atoms with Crippen LogP contribution >= 0.6 is 0 Å². The third-order valence-corrected chi connectivity index (χ3v) is 5.50. The van der Waals surface area contributed by atoms with E-state index in [9.17, 15) is 5.11 Å². The number of methoxy groups -OCH3 is 2. The van der Waals surface area contributed by atoms with Crippen molar-refractivity contribution in [1.82, 2.24) is 14.9 Å². The van der Waals surface area contributed by atoms with E-state index < -0.39 is 6.10 Å². The predicted molar refractivity (Wildman–Crippen MR) is 115 cm³/mol. The molecule has 0 amide bonds. The Kier molecular flexibility index (Phi) is 5.85. The van der Waals surface area contributed by atoms with E-state index in [2.05, 4.69) is 27.9 Å². The van der Waals surface area contributed by atoms with Gasteiger partial charge in [-0.15, -0.1) is 0 Å². The SMILES string of the molecule is COc1ncc(-c2c(OCC(O)CN3CC(C)(OC)C3)ccc3ccccc23)cn1. The van der Waals surface area contributed by atoms with E-state index in [4.69, 9.17) is 14.2 Å². The van der Waals surface area contributed by atoms with Gasteiger partial charge in [-0.25, -0.2) is 9.97 Å². The van der Waals surface area contributed by atoms with Crippen LogP contribution in [-0.4, -0.2) is 72.1 Å². The minimum Gasteiger partial charge on any atom is -0.490 e. The maximum atomic E-state index is 10.5. The maximum Gasteiger partial charge on any atom is 0.316 e. The monoisotopic (exact) mass is 409 g/mol. The van der Waals surface area contributed by atoms with Crippen molar-refractivity contribution in [2.75, 3.05) is 40.5 Å². The number of benzene rings is 2. The van der Waals surface area contributed by atoms with Gasteiger partial charge in [0.2, 0.25) is 0 Å². The number of likely N-dealkylation sites (tertiary alicyclic amines) is 1. The summed E-state index contributed by atoms with van der Waals surface area (Å²) in [5.41, 5.74) is 1.62. The zero-order chi connectivity index (χ0) is 21.1. The van der Waals surface area contributed by atoms with Gasteiger partial charge in [-0.3, -0.25) is 4.90 Å². The molecule has 0 spiro atoms. The molecule has 1 saturated heterocycles. The number of rotatable bonds is 8. The molecule has 0 bridgehead atoms. The number of fused-ring (bicyclic) bond motifs is 1. The van der Waals surface area contributed by atoms with E-state index in [1.807, 2.05) is 30.3 Å². The van der Waals surface area contributed by atoms with E-state index in [0.717, 1.165) is 35.0 Å². The lowest BCUT2D eigenvalue weighted by Gasteiger charge is -2.47. The molecule has 7 heteroatoms. The van der Waals surface area contributed by atoms with E-state index in [1.54, 1.807) is 19.5 Å². The molecule has 1 atom stereocenters. The smallest absolute Gasteiger partial charge is 0.316 e. The number of aromatic nitrogens is 2. The second-order valence-corrected chi connectivity index (χ2v) is 7.91. The van der Waals surface area contributed by atoms with Gasteiger partial charge in [0.15, 0.2) is 0 Å². The lowest BCUT2D eigenvalue weighted by Crippen LogP contribution is -2.62. The van der Waals surface area contributed by atoms with Crippen LogP contribution in [-0.2, 0) is 4.74 Å². The Morgan fingerprint density at radius 2 is 1.83 bits per heavy atom.